The van der Waals surface area contributed by atoms with Gasteiger partial charge in [-0.15, -0.1) is 5.10 Å². The Labute approximate surface area is 86.0 Å². The summed E-state index contributed by atoms with van der Waals surface area (Å²) < 4.78 is 2.41. The highest BCUT2D eigenvalue weighted by Crippen LogP contribution is 2.16. The second-order valence-corrected chi connectivity index (χ2v) is 4.28. The lowest BCUT2D eigenvalue weighted by molar-refractivity contribution is 0.620. The van der Waals surface area contributed by atoms with Crippen LogP contribution in [0.1, 0.15) is 6.42 Å². The lowest BCUT2D eigenvalue weighted by Gasteiger charge is -2.04. The Morgan fingerprint density at radius 2 is 2.38 bits per heavy atom. The van der Waals surface area contributed by atoms with Crippen molar-refractivity contribution in [1.82, 2.24) is 9.78 Å². The monoisotopic (exact) mass is 214 g/mol. The van der Waals surface area contributed by atoms with Gasteiger partial charge in [-0.2, -0.15) is 5.26 Å². The van der Waals surface area contributed by atoms with E-state index in [0.717, 1.165) is 9.09 Å². The van der Waals surface area contributed by atoms with E-state index in [0.29, 0.717) is 13.0 Å². The van der Waals surface area contributed by atoms with Crippen LogP contribution in [0.2, 0.25) is 0 Å². The van der Waals surface area contributed by atoms with Crippen LogP contribution in [0.5, 0.6) is 0 Å². The van der Waals surface area contributed by atoms with Gasteiger partial charge >= 0.3 is 0 Å². The molecule has 1 rings (SSSR count). The lowest BCUT2D eigenvalue weighted by atomic mass is 10.5. The zero-order chi connectivity index (χ0) is 9.84. The molecule has 0 bridgehead atoms. The number of anilines is 1. The minimum Gasteiger partial charge on any atom is -0.353 e. The first kappa shape index (κ1) is 10.2. The quantitative estimate of drug-likeness (QED) is 0.718. The molecule has 70 valence electrons. The zero-order valence-electron chi connectivity index (χ0n) is 7.52. The van der Waals surface area contributed by atoms with Crippen molar-refractivity contribution < 1.29 is 0 Å². The highest BCUT2D eigenvalue weighted by molar-refractivity contribution is 7.73. The Morgan fingerprint density at radius 1 is 1.69 bits per heavy atom. The molecule has 1 aromatic rings. The summed E-state index contributed by atoms with van der Waals surface area (Å²) in [5.74, 6) is 0. The van der Waals surface area contributed by atoms with Gasteiger partial charge < -0.3 is 4.90 Å². The number of aromatic nitrogens is 2. The summed E-state index contributed by atoms with van der Waals surface area (Å²) in [5.41, 5.74) is 0. The van der Waals surface area contributed by atoms with Gasteiger partial charge in [0.2, 0.25) is 5.13 Å². The summed E-state index contributed by atoms with van der Waals surface area (Å²) in [7, 11) is 3.84. The molecule has 0 N–H and O–H groups in total. The highest BCUT2D eigenvalue weighted by Gasteiger charge is 2.03. The SMILES string of the molecule is CN(C)c1nn(CCC#N)c(=S)s1. The molecule has 0 aliphatic rings. The summed E-state index contributed by atoms with van der Waals surface area (Å²) in [6.07, 6.45) is 0.449. The summed E-state index contributed by atoms with van der Waals surface area (Å²) in [4.78, 5) is 1.91. The van der Waals surface area contributed by atoms with Crippen LogP contribution in [0.4, 0.5) is 5.13 Å². The van der Waals surface area contributed by atoms with Gasteiger partial charge in [0.1, 0.15) is 0 Å². The molecule has 0 amide bonds. The smallest absolute Gasteiger partial charge is 0.206 e. The standard InChI is InChI=1S/C7H10N4S2/c1-10(2)6-9-11(5-3-4-8)7(12)13-6/h3,5H2,1-2H3. The zero-order valence-corrected chi connectivity index (χ0v) is 9.15. The predicted molar refractivity (Wildman–Crippen MR) is 55.5 cm³/mol. The van der Waals surface area contributed by atoms with E-state index in [4.69, 9.17) is 17.5 Å². The second-order valence-electron chi connectivity index (χ2n) is 2.68. The van der Waals surface area contributed by atoms with E-state index in [1.807, 2.05) is 19.0 Å². The fraction of sp³-hybridized carbons (Fsp3) is 0.571. The molecule has 0 aliphatic carbocycles. The minimum atomic E-state index is 0.449. The number of hydrogen-bond donors (Lipinski definition) is 0. The van der Waals surface area contributed by atoms with Crippen molar-refractivity contribution in [3.63, 3.8) is 0 Å². The molecule has 0 atom stereocenters. The Hall–Kier alpha value is -0.930. The second kappa shape index (κ2) is 4.35. The summed E-state index contributed by atoms with van der Waals surface area (Å²) >= 11 is 6.54. The third-order valence-electron chi connectivity index (χ3n) is 1.41. The Morgan fingerprint density at radius 3 is 2.85 bits per heavy atom. The number of nitriles is 1. The van der Waals surface area contributed by atoms with E-state index in [1.54, 1.807) is 4.68 Å². The van der Waals surface area contributed by atoms with Crippen molar-refractivity contribution in [2.24, 2.45) is 0 Å². The molecule has 4 nitrogen and oxygen atoms in total. The van der Waals surface area contributed by atoms with Gasteiger partial charge in [-0.1, -0.05) is 11.3 Å². The van der Waals surface area contributed by atoms with Gasteiger partial charge in [-0.3, -0.25) is 0 Å². The third kappa shape index (κ3) is 2.50. The van der Waals surface area contributed by atoms with Crippen LogP contribution < -0.4 is 4.90 Å². The van der Waals surface area contributed by atoms with Crippen LogP contribution in [-0.2, 0) is 6.54 Å². The van der Waals surface area contributed by atoms with Crippen LogP contribution in [0.25, 0.3) is 0 Å². The Kier molecular flexibility index (Phi) is 3.39. The van der Waals surface area contributed by atoms with Crippen molar-refractivity contribution >= 4 is 28.7 Å². The molecule has 6 heteroatoms. The van der Waals surface area contributed by atoms with E-state index in [9.17, 15) is 0 Å². The molecule has 0 aromatic carbocycles. The maximum Gasteiger partial charge on any atom is 0.206 e. The fourth-order valence-corrected chi connectivity index (χ4v) is 1.84. The summed E-state index contributed by atoms with van der Waals surface area (Å²) in [6, 6.07) is 2.07. The lowest BCUT2D eigenvalue weighted by Crippen LogP contribution is -2.09. The average Bonchev–Trinajstić information content (AvgIpc) is 2.44. The van der Waals surface area contributed by atoms with Gasteiger partial charge in [0.15, 0.2) is 3.95 Å². The number of rotatable bonds is 3. The van der Waals surface area contributed by atoms with E-state index in [2.05, 4.69) is 11.2 Å². The molecule has 0 fully saturated rings. The maximum atomic E-state index is 8.40. The highest BCUT2D eigenvalue weighted by atomic mass is 32.1. The fourth-order valence-electron chi connectivity index (χ4n) is 0.773. The van der Waals surface area contributed by atoms with Crippen molar-refractivity contribution in [3.05, 3.63) is 3.95 Å². The van der Waals surface area contributed by atoms with E-state index >= 15 is 0 Å². The topological polar surface area (TPSA) is 44.9 Å². The number of hydrogen-bond acceptors (Lipinski definition) is 5. The van der Waals surface area contributed by atoms with Gasteiger partial charge in [0.05, 0.1) is 19.0 Å². The molecule has 0 spiro atoms. The molecule has 1 heterocycles. The largest absolute Gasteiger partial charge is 0.353 e. The first-order valence-electron chi connectivity index (χ1n) is 3.77. The maximum absolute atomic E-state index is 8.40. The Balaban J connectivity index is 2.85. The van der Waals surface area contributed by atoms with Crippen LogP contribution in [0.15, 0.2) is 0 Å². The average molecular weight is 214 g/mol. The first-order valence-corrected chi connectivity index (χ1v) is 5.00. The molecule has 0 unspecified atom stereocenters. The van der Waals surface area contributed by atoms with Crippen LogP contribution in [-0.4, -0.2) is 23.9 Å². The van der Waals surface area contributed by atoms with Gasteiger partial charge in [-0.05, 0) is 12.2 Å². The van der Waals surface area contributed by atoms with Gasteiger partial charge in [-0.25, -0.2) is 4.68 Å². The van der Waals surface area contributed by atoms with Crippen molar-refractivity contribution in [2.75, 3.05) is 19.0 Å². The van der Waals surface area contributed by atoms with Crippen LogP contribution in [0.3, 0.4) is 0 Å². The Bertz CT molecular complexity index is 371. The molecule has 0 saturated carbocycles. The number of nitrogens with zero attached hydrogens (tertiary/aromatic N) is 4. The molecular formula is C7H10N4S2. The normalized spacial score (nSPS) is 9.62. The van der Waals surface area contributed by atoms with Crippen LogP contribution in [0, 0.1) is 15.3 Å². The minimum absolute atomic E-state index is 0.449. The summed E-state index contributed by atoms with van der Waals surface area (Å²) in [5, 5.41) is 13.5. The van der Waals surface area contributed by atoms with E-state index in [1.165, 1.54) is 11.3 Å². The first-order chi connectivity index (χ1) is 6.15. The number of aryl methyl sites for hydroxylation is 1. The molecule has 0 aliphatic heterocycles. The van der Waals surface area contributed by atoms with Crippen molar-refractivity contribution in [1.29, 1.82) is 5.26 Å². The van der Waals surface area contributed by atoms with Gasteiger partial charge in [0, 0.05) is 14.1 Å². The third-order valence-corrected chi connectivity index (χ3v) is 2.89. The molecule has 0 radical (unpaired) electrons. The molecular weight excluding hydrogens is 204 g/mol. The van der Waals surface area contributed by atoms with Crippen molar-refractivity contribution in [2.45, 2.75) is 13.0 Å². The van der Waals surface area contributed by atoms with E-state index < -0.39 is 0 Å². The molecule has 0 saturated heterocycles. The molecule has 13 heavy (non-hydrogen) atoms. The summed E-state index contributed by atoms with van der Waals surface area (Å²) in [6.45, 7) is 0.583. The predicted octanol–water partition coefficient (Wildman–Crippen LogP) is 1.65. The molecule has 1 aromatic heterocycles. The van der Waals surface area contributed by atoms with Crippen LogP contribution >= 0.6 is 23.6 Å². The van der Waals surface area contributed by atoms with Gasteiger partial charge in [0.25, 0.3) is 0 Å². The van der Waals surface area contributed by atoms with Crippen molar-refractivity contribution in [3.8, 4) is 6.07 Å². The van der Waals surface area contributed by atoms with E-state index in [-0.39, 0.29) is 0 Å².